The van der Waals surface area contributed by atoms with E-state index in [1.165, 1.54) is 11.8 Å². The van der Waals surface area contributed by atoms with Crippen molar-refractivity contribution < 1.29 is 23.8 Å². The van der Waals surface area contributed by atoms with Gasteiger partial charge >= 0.3 is 0 Å². The molecule has 41 heavy (non-hydrogen) atoms. The van der Waals surface area contributed by atoms with Crippen LogP contribution in [0.15, 0.2) is 42.5 Å². The summed E-state index contributed by atoms with van der Waals surface area (Å²) >= 11 is 7.93. The predicted molar refractivity (Wildman–Crippen MR) is 158 cm³/mol. The lowest BCUT2D eigenvalue weighted by atomic mass is 9.87. The van der Waals surface area contributed by atoms with Crippen LogP contribution in [-0.2, 0) is 19.7 Å². The number of fused-ring (bicyclic) bond motifs is 2. The van der Waals surface area contributed by atoms with Crippen LogP contribution in [0.4, 0.5) is 5.82 Å². The molecule has 11 heteroatoms. The van der Waals surface area contributed by atoms with Crippen molar-refractivity contribution in [3.63, 3.8) is 0 Å². The van der Waals surface area contributed by atoms with E-state index in [4.69, 9.17) is 30.9 Å². The Morgan fingerprint density at radius 2 is 2.00 bits per heavy atom. The highest BCUT2D eigenvalue weighted by molar-refractivity contribution is 8.00. The average Bonchev–Trinajstić information content (AvgIpc) is 3.69. The molecule has 0 saturated carbocycles. The number of hydrogen-bond donors (Lipinski definition) is 1. The number of benzene rings is 2. The third-order valence-corrected chi connectivity index (χ3v) is 8.89. The summed E-state index contributed by atoms with van der Waals surface area (Å²) < 4.78 is 18.7. The molecule has 0 bridgehead atoms. The van der Waals surface area contributed by atoms with Gasteiger partial charge in [0.1, 0.15) is 12.4 Å². The first-order valence-electron chi connectivity index (χ1n) is 13.8. The molecule has 0 spiro atoms. The molecule has 9 nitrogen and oxygen atoms in total. The van der Waals surface area contributed by atoms with Gasteiger partial charge in [-0.05, 0) is 48.7 Å². The van der Waals surface area contributed by atoms with Crippen molar-refractivity contribution in [2.75, 3.05) is 37.1 Å². The Balaban J connectivity index is 1.48. The smallest absolute Gasteiger partial charge is 0.240 e. The Labute approximate surface area is 248 Å². The summed E-state index contributed by atoms with van der Waals surface area (Å²) in [5.41, 5.74) is 3.03. The molecule has 216 valence electrons. The van der Waals surface area contributed by atoms with Crippen molar-refractivity contribution in [2.45, 2.75) is 50.4 Å². The van der Waals surface area contributed by atoms with Gasteiger partial charge in [0.05, 0.1) is 28.5 Å². The minimum Gasteiger partial charge on any atom is -0.454 e. The molecule has 1 N–H and O–H groups in total. The topological polar surface area (TPSA) is 94.9 Å². The van der Waals surface area contributed by atoms with E-state index in [0.717, 1.165) is 29.7 Å². The van der Waals surface area contributed by atoms with Gasteiger partial charge in [0.25, 0.3) is 0 Å². The molecule has 2 atom stereocenters. The maximum atomic E-state index is 13.8. The molecular weight excluding hydrogens is 564 g/mol. The van der Waals surface area contributed by atoms with Crippen LogP contribution in [0.1, 0.15) is 55.7 Å². The van der Waals surface area contributed by atoms with E-state index in [0.29, 0.717) is 41.2 Å². The highest BCUT2D eigenvalue weighted by atomic mass is 35.5. The SMILES string of the molecule is CC(C)(C)c1nn(-c2cccc(Cl)c2)c2c1C(c1ccc3c(c1)OCO3)SCC(=O)N2CC(=O)NCC1CCCO1. The number of halogens is 1. The number of thioether (sulfide) groups is 1. The van der Waals surface area contributed by atoms with E-state index in [9.17, 15) is 9.59 Å². The molecule has 4 heterocycles. The van der Waals surface area contributed by atoms with Gasteiger partial charge in [-0.3, -0.25) is 14.5 Å². The minimum absolute atomic E-state index is 0.00442. The highest BCUT2D eigenvalue weighted by Crippen LogP contribution is 2.50. The van der Waals surface area contributed by atoms with Gasteiger partial charge < -0.3 is 19.5 Å². The monoisotopic (exact) mass is 596 g/mol. The molecule has 2 amide bonds. The van der Waals surface area contributed by atoms with Crippen molar-refractivity contribution in [3.05, 3.63) is 64.3 Å². The number of nitrogens with zero attached hydrogens (tertiary/aromatic N) is 3. The van der Waals surface area contributed by atoms with E-state index in [1.54, 1.807) is 15.6 Å². The molecule has 3 aliphatic heterocycles. The van der Waals surface area contributed by atoms with Gasteiger partial charge in [0, 0.05) is 29.2 Å². The molecule has 3 aliphatic rings. The van der Waals surface area contributed by atoms with Crippen LogP contribution >= 0.6 is 23.4 Å². The number of aromatic nitrogens is 2. The van der Waals surface area contributed by atoms with E-state index in [-0.39, 0.29) is 47.7 Å². The molecule has 1 fully saturated rings. The number of carbonyl (C=O) groups excluding carboxylic acids is 2. The zero-order valence-electron chi connectivity index (χ0n) is 23.3. The summed E-state index contributed by atoms with van der Waals surface area (Å²) in [5, 5.41) is 8.39. The molecule has 0 aliphatic carbocycles. The largest absolute Gasteiger partial charge is 0.454 e. The lowest BCUT2D eigenvalue weighted by molar-refractivity contribution is -0.123. The second kappa shape index (κ2) is 11.2. The number of rotatable bonds is 6. The van der Waals surface area contributed by atoms with Crippen LogP contribution in [0.5, 0.6) is 11.5 Å². The molecule has 2 unspecified atom stereocenters. The van der Waals surface area contributed by atoms with Crippen LogP contribution in [-0.4, -0.2) is 59.9 Å². The minimum atomic E-state index is -0.371. The summed E-state index contributed by atoms with van der Waals surface area (Å²) in [6.07, 6.45) is 1.91. The molecule has 2 aromatic carbocycles. The van der Waals surface area contributed by atoms with Crippen LogP contribution < -0.4 is 19.7 Å². The summed E-state index contributed by atoms with van der Waals surface area (Å²) in [5.74, 6) is 1.70. The number of ether oxygens (including phenoxy) is 3. The molecular formula is C30H33ClN4O5S. The van der Waals surface area contributed by atoms with Crippen molar-refractivity contribution >= 4 is 41.0 Å². The first kappa shape index (κ1) is 27.9. The molecule has 1 aromatic heterocycles. The number of amides is 2. The Hall–Kier alpha value is -3.21. The third kappa shape index (κ3) is 5.65. The number of hydrogen-bond acceptors (Lipinski definition) is 7. The molecule has 1 saturated heterocycles. The Bertz CT molecular complexity index is 1480. The average molecular weight is 597 g/mol. The van der Waals surface area contributed by atoms with E-state index in [2.05, 4.69) is 26.1 Å². The normalized spacial score (nSPS) is 20.2. The van der Waals surface area contributed by atoms with Gasteiger partial charge in [-0.2, -0.15) is 5.10 Å². The van der Waals surface area contributed by atoms with Crippen molar-refractivity contribution in [3.8, 4) is 17.2 Å². The van der Waals surface area contributed by atoms with E-state index >= 15 is 0 Å². The Morgan fingerprint density at radius 3 is 2.76 bits per heavy atom. The maximum absolute atomic E-state index is 13.8. The second-order valence-electron chi connectivity index (χ2n) is 11.5. The fourth-order valence-electron chi connectivity index (χ4n) is 5.43. The van der Waals surface area contributed by atoms with Crippen molar-refractivity contribution in [1.82, 2.24) is 15.1 Å². The van der Waals surface area contributed by atoms with E-state index < -0.39 is 0 Å². The zero-order valence-corrected chi connectivity index (χ0v) is 24.9. The van der Waals surface area contributed by atoms with Crippen molar-refractivity contribution in [2.24, 2.45) is 0 Å². The number of anilines is 1. The standard InChI is InChI=1S/C30H33ClN4O5S/c1-30(2,3)28-26-27(18-9-10-22-23(12-18)40-17-39-22)41-16-25(37)34(15-24(36)32-14-21-8-5-11-38-21)29(26)35(33-28)20-7-4-6-19(31)13-20/h4,6-7,9-10,12-13,21,27H,5,8,11,14-17H2,1-3H3,(H,32,36). The molecule has 6 rings (SSSR count). The second-order valence-corrected chi connectivity index (χ2v) is 13.0. The fraction of sp³-hybridized carbons (Fsp3) is 0.433. The van der Waals surface area contributed by atoms with Crippen LogP contribution in [0.2, 0.25) is 5.02 Å². The highest BCUT2D eigenvalue weighted by Gasteiger charge is 2.40. The van der Waals surface area contributed by atoms with Crippen LogP contribution in [0.25, 0.3) is 5.69 Å². The van der Waals surface area contributed by atoms with Gasteiger partial charge in [-0.25, -0.2) is 4.68 Å². The molecule has 3 aromatic rings. The van der Waals surface area contributed by atoms with Crippen LogP contribution in [0.3, 0.4) is 0 Å². The summed E-state index contributed by atoms with van der Waals surface area (Å²) in [7, 11) is 0. The quantitative estimate of drug-likeness (QED) is 0.427. The molecule has 0 radical (unpaired) electrons. The number of nitrogens with one attached hydrogen (secondary N) is 1. The van der Waals surface area contributed by atoms with Gasteiger partial charge in [0.15, 0.2) is 11.5 Å². The maximum Gasteiger partial charge on any atom is 0.240 e. The van der Waals surface area contributed by atoms with Gasteiger partial charge in [-0.1, -0.05) is 44.5 Å². The first-order valence-corrected chi connectivity index (χ1v) is 15.2. The summed E-state index contributed by atoms with van der Waals surface area (Å²) in [6.45, 7) is 7.47. The van der Waals surface area contributed by atoms with Gasteiger partial charge in [0.2, 0.25) is 18.6 Å². The van der Waals surface area contributed by atoms with Crippen LogP contribution in [0, 0.1) is 0 Å². The third-order valence-electron chi connectivity index (χ3n) is 7.40. The fourth-order valence-corrected chi connectivity index (χ4v) is 6.81. The van der Waals surface area contributed by atoms with E-state index in [1.807, 2.05) is 36.4 Å². The summed E-state index contributed by atoms with van der Waals surface area (Å²) in [6, 6.07) is 13.2. The predicted octanol–water partition coefficient (Wildman–Crippen LogP) is 5.02. The lowest BCUT2D eigenvalue weighted by Crippen LogP contribution is -2.44. The summed E-state index contributed by atoms with van der Waals surface area (Å²) in [4.78, 5) is 28.7. The van der Waals surface area contributed by atoms with Gasteiger partial charge in [-0.15, -0.1) is 11.8 Å². The Morgan fingerprint density at radius 1 is 1.17 bits per heavy atom. The number of carbonyl (C=O) groups is 2. The Kier molecular flexibility index (Phi) is 7.65. The zero-order chi connectivity index (χ0) is 28.7. The lowest BCUT2D eigenvalue weighted by Gasteiger charge is -2.25. The first-order chi connectivity index (χ1) is 19.7. The van der Waals surface area contributed by atoms with Crippen molar-refractivity contribution in [1.29, 1.82) is 0 Å².